The van der Waals surface area contributed by atoms with Gasteiger partial charge in [0.25, 0.3) is 0 Å². The van der Waals surface area contributed by atoms with E-state index in [2.05, 4.69) is 34.6 Å². The minimum Gasteiger partial charge on any atom is -0.301 e. The van der Waals surface area contributed by atoms with Crippen LogP contribution in [0.2, 0.25) is 0 Å². The summed E-state index contributed by atoms with van der Waals surface area (Å²) in [5.41, 5.74) is 2.73. The van der Waals surface area contributed by atoms with Gasteiger partial charge in [0.15, 0.2) is 5.13 Å². The van der Waals surface area contributed by atoms with Crippen molar-refractivity contribution in [3.63, 3.8) is 0 Å². The Bertz CT molecular complexity index is 1130. The zero-order chi connectivity index (χ0) is 21.8. The average Bonchev–Trinajstić information content (AvgIpc) is 3.24. The second kappa shape index (κ2) is 8.82. The molecule has 4 aromatic rings. The lowest BCUT2D eigenvalue weighted by atomic mass is 9.70. The van der Waals surface area contributed by atoms with E-state index < -0.39 is 5.41 Å². The highest BCUT2D eigenvalue weighted by Gasteiger charge is 2.39. The Kier molecular flexibility index (Phi) is 5.96. The minimum absolute atomic E-state index is 0.120. The molecule has 5 heteroatoms. The third-order valence-electron chi connectivity index (χ3n) is 5.42. The smallest absolute Gasteiger partial charge is 0.232 e. The number of thiazole rings is 1. The number of hydrogen-bond donors (Lipinski definition) is 1. The summed E-state index contributed by atoms with van der Waals surface area (Å²) in [6.45, 7) is 3.90. The van der Waals surface area contributed by atoms with E-state index in [1.165, 1.54) is 23.5 Å². The second-order valence-corrected chi connectivity index (χ2v) is 8.84. The van der Waals surface area contributed by atoms with Gasteiger partial charge in [0.1, 0.15) is 5.82 Å². The summed E-state index contributed by atoms with van der Waals surface area (Å²) >= 11 is 1.33. The van der Waals surface area contributed by atoms with Crippen molar-refractivity contribution < 1.29 is 9.18 Å². The van der Waals surface area contributed by atoms with Crippen LogP contribution in [0.15, 0.2) is 90.3 Å². The van der Waals surface area contributed by atoms with E-state index in [1.807, 2.05) is 55.6 Å². The standard InChI is InChI=1S/C26H23FN2OS/c1-26(2,23(18-10-5-3-6-11-18)19-12-7-4-8-13-19)24(30)29-25-28-22(17-31-25)20-14-9-15-21(27)16-20/h3-17,23H,1-2H3,(H,28,29,30). The summed E-state index contributed by atoms with van der Waals surface area (Å²) in [4.78, 5) is 17.9. The highest BCUT2D eigenvalue weighted by atomic mass is 32.1. The van der Waals surface area contributed by atoms with Gasteiger partial charge in [-0.05, 0) is 23.3 Å². The highest BCUT2D eigenvalue weighted by Crippen LogP contribution is 2.42. The molecule has 1 amide bonds. The molecule has 1 N–H and O–H groups in total. The molecular formula is C26H23FN2OS. The number of rotatable bonds is 6. The first-order valence-electron chi connectivity index (χ1n) is 10.1. The molecule has 0 aliphatic heterocycles. The van der Waals surface area contributed by atoms with Gasteiger partial charge in [0, 0.05) is 16.9 Å². The van der Waals surface area contributed by atoms with Crippen molar-refractivity contribution in [2.75, 3.05) is 5.32 Å². The molecule has 0 saturated carbocycles. The molecule has 0 saturated heterocycles. The van der Waals surface area contributed by atoms with Crippen molar-refractivity contribution in [2.24, 2.45) is 5.41 Å². The quantitative estimate of drug-likeness (QED) is 0.368. The Morgan fingerprint density at radius 2 is 1.55 bits per heavy atom. The molecule has 31 heavy (non-hydrogen) atoms. The Hall–Kier alpha value is -3.31. The number of hydrogen-bond acceptors (Lipinski definition) is 3. The van der Waals surface area contributed by atoms with Gasteiger partial charge in [0.2, 0.25) is 5.91 Å². The van der Waals surface area contributed by atoms with E-state index in [0.29, 0.717) is 16.4 Å². The fourth-order valence-corrected chi connectivity index (χ4v) is 4.53. The molecule has 1 aromatic heterocycles. The van der Waals surface area contributed by atoms with Gasteiger partial charge in [-0.1, -0.05) is 86.6 Å². The number of halogens is 1. The largest absolute Gasteiger partial charge is 0.301 e. The van der Waals surface area contributed by atoms with Crippen molar-refractivity contribution in [1.29, 1.82) is 0 Å². The van der Waals surface area contributed by atoms with Gasteiger partial charge in [-0.25, -0.2) is 9.37 Å². The molecule has 0 fully saturated rings. The maximum atomic E-state index is 13.5. The Morgan fingerprint density at radius 3 is 2.13 bits per heavy atom. The first kappa shape index (κ1) is 20.9. The van der Waals surface area contributed by atoms with Gasteiger partial charge >= 0.3 is 0 Å². The van der Waals surface area contributed by atoms with Gasteiger partial charge in [-0.2, -0.15) is 0 Å². The molecule has 0 aliphatic carbocycles. The minimum atomic E-state index is -0.743. The topological polar surface area (TPSA) is 42.0 Å². The number of amides is 1. The second-order valence-electron chi connectivity index (χ2n) is 7.98. The summed E-state index contributed by atoms with van der Waals surface area (Å²) in [5.74, 6) is -0.561. The Labute approximate surface area is 185 Å². The van der Waals surface area contributed by atoms with Crippen LogP contribution in [0.1, 0.15) is 30.9 Å². The van der Waals surface area contributed by atoms with Crippen molar-refractivity contribution in [2.45, 2.75) is 19.8 Å². The molecule has 0 spiro atoms. The summed E-state index contributed by atoms with van der Waals surface area (Å²) in [6, 6.07) is 26.4. The molecule has 4 rings (SSSR count). The molecule has 1 heterocycles. The van der Waals surface area contributed by atoms with Gasteiger partial charge in [-0.3, -0.25) is 4.79 Å². The van der Waals surface area contributed by atoms with Crippen molar-refractivity contribution >= 4 is 22.4 Å². The zero-order valence-electron chi connectivity index (χ0n) is 17.4. The Balaban J connectivity index is 1.62. The predicted molar refractivity (Wildman–Crippen MR) is 125 cm³/mol. The molecule has 3 nitrogen and oxygen atoms in total. The molecule has 3 aromatic carbocycles. The SMILES string of the molecule is CC(C)(C(=O)Nc1nc(-c2cccc(F)c2)cs1)C(c1ccccc1)c1ccccc1. The molecule has 0 bridgehead atoms. The van der Waals surface area contributed by atoms with Crippen LogP contribution in [0.4, 0.5) is 9.52 Å². The number of nitrogens with one attached hydrogen (secondary N) is 1. The average molecular weight is 431 g/mol. The lowest BCUT2D eigenvalue weighted by molar-refractivity contribution is -0.124. The van der Waals surface area contributed by atoms with E-state index in [-0.39, 0.29) is 17.6 Å². The maximum absolute atomic E-state index is 13.5. The molecule has 0 unspecified atom stereocenters. The van der Waals surface area contributed by atoms with Gasteiger partial charge in [0.05, 0.1) is 11.1 Å². The fraction of sp³-hybridized carbons (Fsp3) is 0.154. The number of carbonyl (C=O) groups is 1. The van der Waals surface area contributed by atoms with E-state index in [0.717, 1.165) is 11.1 Å². The monoisotopic (exact) mass is 430 g/mol. The number of anilines is 1. The van der Waals surface area contributed by atoms with Crippen LogP contribution in [0.3, 0.4) is 0 Å². The normalized spacial score (nSPS) is 11.5. The fourth-order valence-electron chi connectivity index (χ4n) is 3.82. The zero-order valence-corrected chi connectivity index (χ0v) is 18.2. The van der Waals surface area contributed by atoms with E-state index >= 15 is 0 Å². The Morgan fingerprint density at radius 1 is 0.935 bits per heavy atom. The van der Waals surface area contributed by atoms with Crippen LogP contribution in [0, 0.1) is 11.2 Å². The highest BCUT2D eigenvalue weighted by molar-refractivity contribution is 7.14. The number of carbonyl (C=O) groups excluding carboxylic acids is 1. The van der Waals surface area contributed by atoms with Crippen LogP contribution in [-0.2, 0) is 4.79 Å². The first-order chi connectivity index (χ1) is 14.9. The van der Waals surface area contributed by atoms with Crippen LogP contribution < -0.4 is 5.32 Å². The molecular weight excluding hydrogens is 407 g/mol. The third-order valence-corrected chi connectivity index (χ3v) is 6.18. The van der Waals surface area contributed by atoms with E-state index in [4.69, 9.17) is 0 Å². The van der Waals surface area contributed by atoms with E-state index in [9.17, 15) is 9.18 Å². The number of benzene rings is 3. The van der Waals surface area contributed by atoms with Crippen LogP contribution in [0.25, 0.3) is 11.3 Å². The van der Waals surface area contributed by atoms with Gasteiger partial charge < -0.3 is 5.32 Å². The van der Waals surface area contributed by atoms with E-state index in [1.54, 1.807) is 12.1 Å². The summed E-state index contributed by atoms with van der Waals surface area (Å²) in [6.07, 6.45) is 0. The predicted octanol–water partition coefficient (Wildman–Crippen LogP) is 6.75. The lowest BCUT2D eigenvalue weighted by Gasteiger charge is -2.33. The van der Waals surface area contributed by atoms with Crippen molar-refractivity contribution in [3.05, 3.63) is 107 Å². The molecule has 0 aliphatic rings. The maximum Gasteiger partial charge on any atom is 0.232 e. The lowest BCUT2D eigenvalue weighted by Crippen LogP contribution is -2.37. The van der Waals surface area contributed by atoms with Gasteiger partial charge in [-0.15, -0.1) is 11.3 Å². The van der Waals surface area contributed by atoms with Crippen LogP contribution >= 0.6 is 11.3 Å². The summed E-state index contributed by atoms with van der Waals surface area (Å²) < 4.78 is 13.5. The number of nitrogens with zero attached hydrogens (tertiary/aromatic N) is 1. The summed E-state index contributed by atoms with van der Waals surface area (Å²) in [7, 11) is 0. The van der Waals surface area contributed by atoms with Crippen molar-refractivity contribution in [1.82, 2.24) is 4.98 Å². The molecule has 0 atom stereocenters. The molecule has 156 valence electrons. The molecule has 0 radical (unpaired) electrons. The first-order valence-corrected chi connectivity index (χ1v) is 11.0. The van der Waals surface area contributed by atoms with Crippen molar-refractivity contribution in [3.8, 4) is 11.3 Å². The summed E-state index contributed by atoms with van der Waals surface area (Å²) in [5, 5.41) is 5.30. The van der Waals surface area contributed by atoms with Crippen LogP contribution in [-0.4, -0.2) is 10.9 Å². The third kappa shape index (κ3) is 4.57. The number of aromatic nitrogens is 1. The van der Waals surface area contributed by atoms with Crippen LogP contribution in [0.5, 0.6) is 0 Å².